The first kappa shape index (κ1) is 11.9. The molecule has 0 spiro atoms. The summed E-state index contributed by atoms with van der Waals surface area (Å²) >= 11 is 0. The lowest BCUT2D eigenvalue weighted by Crippen LogP contribution is -2.12. The molecule has 0 radical (unpaired) electrons. The van der Waals surface area contributed by atoms with E-state index in [4.69, 9.17) is 0 Å². The number of anilines is 1. The number of phenolic OH excluding ortho intramolecular Hbond substituents is 1. The van der Waals surface area contributed by atoms with Crippen molar-refractivity contribution in [3.8, 4) is 5.75 Å². The van der Waals surface area contributed by atoms with Gasteiger partial charge in [-0.2, -0.15) is 0 Å². The van der Waals surface area contributed by atoms with E-state index < -0.39 is 0 Å². The molecule has 0 aliphatic rings. The summed E-state index contributed by atoms with van der Waals surface area (Å²) in [5.74, 6) is 0.386. The van der Waals surface area contributed by atoms with Crippen LogP contribution in [-0.4, -0.2) is 19.2 Å². The Bertz CT molecular complexity index is 332. The molecule has 0 saturated heterocycles. The largest absolute Gasteiger partial charge is 0.506 e. The molecule has 0 aliphatic carbocycles. The molecule has 0 amide bonds. The van der Waals surface area contributed by atoms with Gasteiger partial charge in [0.1, 0.15) is 5.75 Å². The average molecular weight is 207 g/mol. The van der Waals surface area contributed by atoms with Crippen molar-refractivity contribution in [1.82, 2.24) is 0 Å². The topological polar surface area (TPSA) is 23.5 Å². The Kier molecular flexibility index (Phi) is 4.01. The lowest BCUT2D eigenvalue weighted by Gasteiger charge is -2.20. The van der Waals surface area contributed by atoms with Gasteiger partial charge in [0, 0.05) is 14.1 Å². The van der Waals surface area contributed by atoms with Gasteiger partial charge in [-0.25, -0.2) is 0 Å². The first-order chi connectivity index (χ1) is 7.07. The first-order valence-corrected chi connectivity index (χ1v) is 5.56. The lowest BCUT2D eigenvalue weighted by atomic mass is 9.99. The molecule has 1 N–H and O–H groups in total. The summed E-state index contributed by atoms with van der Waals surface area (Å²) in [6.07, 6.45) is 3.40. The Balaban J connectivity index is 3.13. The van der Waals surface area contributed by atoms with Crippen LogP contribution in [0.3, 0.4) is 0 Å². The van der Waals surface area contributed by atoms with Crippen LogP contribution in [0.15, 0.2) is 12.1 Å². The SMILES string of the molecule is CCCCc1c(C)ccc(O)c1N(C)C. The van der Waals surface area contributed by atoms with Crippen molar-refractivity contribution in [3.63, 3.8) is 0 Å². The van der Waals surface area contributed by atoms with Crippen molar-refractivity contribution in [3.05, 3.63) is 23.3 Å². The summed E-state index contributed by atoms with van der Waals surface area (Å²) in [6, 6.07) is 3.77. The maximum absolute atomic E-state index is 9.84. The highest BCUT2D eigenvalue weighted by Gasteiger charge is 2.11. The van der Waals surface area contributed by atoms with Crippen molar-refractivity contribution in [2.45, 2.75) is 33.1 Å². The maximum Gasteiger partial charge on any atom is 0.139 e. The second kappa shape index (κ2) is 5.06. The second-order valence-corrected chi connectivity index (χ2v) is 4.23. The van der Waals surface area contributed by atoms with Crippen LogP contribution in [0.5, 0.6) is 5.75 Å². The smallest absolute Gasteiger partial charge is 0.139 e. The number of aromatic hydroxyl groups is 1. The molecule has 0 bridgehead atoms. The van der Waals surface area contributed by atoms with Crippen molar-refractivity contribution >= 4 is 5.69 Å². The van der Waals surface area contributed by atoms with E-state index in [-0.39, 0.29) is 0 Å². The third kappa shape index (κ3) is 2.65. The number of benzene rings is 1. The van der Waals surface area contributed by atoms with Crippen LogP contribution in [0, 0.1) is 6.92 Å². The molecule has 1 aromatic carbocycles. The van der Waals surface area contributed by atoms with Gasteiger partial charge in [-0.15, -0.1) is 0 Å². The van der Waals surface area contributed by atoms with E-state index in [1.807, 2.05) is 25.1 Å². The van der Waals surface area contributed by atoms with Crippen LogP contribution in [0.25, 0.3) is 0 Å². The van der Waals surface area contributed by atoms with Crippen LogP contribution in [0.1, 0.15) is 30.9 Å². The van der Waals surface area contributed by atoms with Gasteiger partial charge in [0.15, 0.2) is 0 Å². The number of rotatable bonds is 4. The first-order valence-electron chi connectivity index (χ1n) is 5.56. The highest BCUT2D eigenvalue weighted by atomic mass is 16.3. The molecule has 2 heteroatoms. The Hall–Kier alpha value is -1.18. The van der Waals surface area contributed by atoms with Crippen LogP contribution in [-0.2, 0) is 6.42 Å². The van der Waals surface area contributed by atoms with Crippen LogP contribution >= 0.6 is 0 Å². The summed E-state index contributed by atoms with van der Waals surface area (Å²) in [5, 5.41) is 9.84. The third-order valence-corrected chi connectivity index (χ3v) is 2.72. The fourth-order valence-corrected chi connectivity index (χ4v) is 1.89. The summed E-state index contributed by atoms with van der Waals surface area (Å²) in [5.41, 5.74) is 3.52. The molecule has 84 valence electrons. The molecule has 2 nitrogen and oxygen atoms in total. The molecule has 0 saturated carbocycles. The van der Waals surface area contributed by atoms with Gasteiger partial charge in [-0.1, -0.05) is 19.4 Å². The van der Waals surface area contributed by atoms with Gasteiger partial charge in [0.05, 0.1) is 5.69 Å². The minimum Gasteiger partial charge on any atom is -0.506 e. The van der Waals surface area contributed by atoms with E-state index in [1.165, 1.54) is 24.0 Å². The number of hydrogen-bond donors (Lipinski definition) is 1. The highest BCUT2D eigenvalue weighted by molar-refractivity contribution is 5.64. The Morgan fingerprint density at radius 3 is 2.47 bits per heavy atom. The normalized spacial score (nSPS) is 10.4. The van der Waals surface area contributed by atoms with Gasteiger partial charge in [-0.3, -0.25) is 0 Å². The minimum absolute atomic E-state index is 0.386. The molecule has 0 aromatic heterocycles. The Morgan fingerprint density at radius 2 is 1.93 bits per heavy atom. The average Bonchev–Trinajstić information content (AvgIpc) is 2.18. The molecule has 0 fully saturated rings. The van der Waals surface area contributed by atoms with E-state index in [2.05, 4.69) is 13.8 Å². The number of nitrogens with zero attached hydrogens (tertiary/aromatic N) is 1. The second-order valence-electron chi connectivity index (χ2n) is 4.23. The molecule has 0 unspecified atom stereocenters. The van der Waals surface area contributed by atoms with Crippen LogP contribution < -0.4 is 4.90 Å². The van der Waals surface area contributed by atoms with E-state index >= 15 is 0 Å². The maximum atomic E-state index is 9.84. The fourth-order valence-electron chi connectivity index (χ4n) is 1.89. The molecule has 0 aliphatic heterocycles. The molecule has 1 rings (SSSR count). The Morgan fingerprint density at radius 1 is 1.27 bits per heavy atom. The molecule has 15 heavy (non-hydrogen) atoms. The quantitative estimate of drug-likeness (QED) is 0.820. The van der Waals surface area contributed by atoms with Gasteiger partial charge < -0.3 is 10.0 Å². The molecular formula is C13H21NO. The van der Waals surface area contributed by atoms with E-state index in [0.717, 1.165) is 12.1 Å². The molecule has 0 atom stereocenters. The number of unbranched alkanes of at least 4 members (excludes halogenated alkanes) is 1. The third-order valence-electron chi connectivity index (χ3n) is 2.72. The zero-order valence-corrected chi connectivity index (χ0v) is 10.2. The number of hydrogen-bond acceptors (Lipinski definition) is 2. The van der Waals surface area contributed by atoms with Crippen molar-refractivity contribution in [2.24, 2.45) is 0 Å². The van der Waals surface area contributed by atoms with Crippen LogP contribution in [0.2, 0.25) is 0 Å². The number of phenols is 1. The molecule has 0 heterocycles. The van der Waals surface area contributed by atoms with Gasteiger partial charge in [-0.05, 0) is 37.0 Å². The van der Waals surface area contributed by atoms with Gasteiger partial charge >= 0.3 is 0 Å². The van der Waals surface area contributed by atoms with E-state index in [9.17, 15) is 5.11 Å². The predicted molar refractivity (Wildman–Crippen MR) is 65.8 cm³/mol. The standard InChI is InChI=1S/C13H21NO/c1-5-6-7-11-10(2)8-9-12(15)13(11)14(3)4/h8-9,15H,5-7H2,1-4H3. The summed E-state index contributed by atoms with van der Waals surface area (Å²) in [6.45, 7) is 4.30. The minimum atomic E-state index is 0.386. The van der Waals surface area contributed by atoms with Gasteiger partial charge in [0.2, 0.25) is 0 Å². The summed E-state index contributed by atoms with van der Waals surface area (Å²) in [4.78, 5) is 1.99. The zero-order chi connectivity index (χ0) is 11.4. The van der Waals surface area contributed by atoms with Crippen molar-refractivity contribution in [1.29, 1.82) is 0 Å². The van der Waals surface area contributed by atoms with E-state index in [0.29, 0.717) is 5.75 Å². The number of aryl methyl sites for hydroxylation is 1. The summed E-state index contributed by atoms with van der Waals surface area (Å²) in [7, 11) is 3.95. The summed E-state index contributed by atoms with van der Waals surface area (Å²) < 4.78 is 0. The molecular weight excluding hydrogens is 186 g/mol. The Labute approximate surface area is 92.5 Å². The lowest BCUT2D eigenvalue weighted by molar-refractivity contribution is 0.474. The van der Waals surface area contributed by atoms with Crippen molar-refractivity contribution in [2.75, 3.05) is 19.0 Å². The zero-order valence-electron chi connectivity index (χ0n) is 10.2. The predicted octanol–water partition coefficient (Wildman–Crippen LogP) is 3.11. The fraction of sp³-hybridized carbons (Fsp3) is 0.538. The van der Waals surface area contributed by atoms with Crippen molar-refractivity contribution < 1.29 is 5.11 Å². The molecule has 1 aromatic rings. The van der Waals surface area contributed by atoms with Crippen LogP contribution in [0.4, 0.5) is 5.69 Å². The van der Waals surface area contributed by atoms with Gasteiger partial charge in [0.25, 0.3) is 0 Å². The highest BCUT2D eigenvalue weighted by Crippen LogP contribution is 2.33. The monoisotopic (exact) mass is 207 g/mol. The van der Waals surface area contributed by atoms with E-state index in [1.54, 1.807) is 6.07 Å².